The predicted octanol–water partition coefficient (Wildman–Crippen LogP) is 4.21. The zero-order chi connectivity index (χ0) is 14.8. The minimum absolute atomic E-state index is 0.0876. The van der Waals surface area contributed by atoms with Crippen molar-refractivity contribution in [3.05, 3.63) is 52.2 Å². The van der Waals surface area contributed by atoms with E-state index in [1.165, 1.54) is 25.0 Å². The lowest BCUT2D eigenvalue weighted by molar-refractivity contribution is 0.264. The van der Waals surface area contributed by atoms with Crippen molar-refractivity contribution >= 4 is 11.6 Å². The quantitative estimate of drug-likeness (QED) is 0.868. The van der Waals surface area contributed by atoms with Crippen LogP contribution in [0.3, 0.4) is 0 Å². The van der Waals surface area contributed by atoms with Gasteiger partial charge in [-0.25, -0.2) is 4.39 Å². The summed E-state index contributed by atoms with van der Waals surface area (Å²) < 4.78 is 24.6. The lowest BCUT2D eigenvalue weighted by atomic mass is 10.2. The lowest BCUT2D eigenvalue weighted by Crippen LogP contribution is -2.15. The predicted molar refractivity (Wildman–Crippen MR) is 79.0 cm³/mol. The van der Waals surface area contributed by atoms with E-state index in [4.69, 9.17) is 20.8 Å². The van der Waals surface area contributed by atoms with Crippen LogP contribution in [0.2, 0.25) is 5.02 Å². The van der Waals surface area contributed by atoms with Crippen LogP contribution >= 0.6 is 11.6 Å². The van der Waals surface area contributed by atoms with E-state index >= 15 is 0 Å². The molecule has 112 valence electrons. The first kappa shape index (κ1) is 14.4. The maximum absolute atomic E-state index is 13.3. The molecule has 3 rings (SSSR count). The van der Waals surface area contributed by atoms with Gasteiger partial charge in [0.2, 0.25) is 0 Å². The van der Waals surface area contributed by atoms with Crippen LogP contribution in [0.5, 0.6) is 5.75 Å². The van der Waals surface area contributed by atoms with Crippen molar-refractivity contribution in [1.29, 1.82) is 0 Å². The molecule has 1 aliphatic rings. The molecular formula is C16H17ClFNO2. The third-order valence-corrected chi connectivity index (χ3v) is 3.78. The van der Waals surface area contributed by atoms with E-state index in [2.05, 4.69) is 5.32 Å². The van der Waals surface area contributed by atoms with Gasteiger partial charge in [-0.15, -0.1) is 0 Å². The summed E-state index contributed by atoms with van der Waals surface area (Å²) in [4.78, 5) is 0. The molecule has 1 aromatic carbocycles. The van der Waals surface area contributed by atoms with E-state index in [0.29, 0.717) is 11.8 Å². The standard InChI is InChI=1S/C16H17ClFNO2/c1-10-6-13(21-16(10)8-19-11-2-3-11)9-20-12-4-5-14(17)15(18)7-12/h4-7,11,19H,2-3,8-9H2,1H3. The summed E-state index contributed by atoms with van der Waals surface area (Å²) in [5.74, 6) is 1.61. The molecule has 0 aliphatic heterocycles. The first-order valence-electron chi connectivity index (χ1n) is 7.01. The van der Waals surface area contributed by atoms with Crippen LogP contribution in [0, 0.1) is 12.7 Å². The van der Waals surface area contributed by atoms with Crippen molar-refractivity contribution in [1.82, 2.24) is 5.32 Å². The van der Waals surface area contributed by atoms with Gasteiger partial charge in [0, 0.05) is 12.1 Å². The van der Waals surface area contributed by atoms with E-state index < -0.39 is 5.82 Å². The normalized spacial score (nSPS) is 14.4. The third kappa shape index (κ3) is 3.77. The summed E-state index contributed by atoms with van der Waals surface area (Å²) in [5, 5.41) is 3.50. The fraction of sp³-hybridized carbons (Fsp3) is 0.375. The molecule has 1 heterocycles. The molecule has 0 saturated heterocycles. The molecule has 1 fully saturated rings. The van der Waals surface area contributed by atoms with Crippen molar-refractivity contribution in [2.75, 3.05) is 0 Å². The van der Waals surface area contributed by atoms with E-state index in [9.17, 15) is 4.39 Å². The monoisotopic (exact) mass is 309 g/mol. The molecule has 5 heteroatoms. The molecule has 0 amide bonds. The van der Waals surface area contributed by atoms with E-state index in [0.717, 1.165) is 23.6 Å². The molecule has 0 bridgehead atoms. The fourth-order valence-electron chi connectivity index (χ4n) is 2.08. The Kier molecular flexibility index (Phi) is 4.17. The number of furan rings is 1. The highest BCUT2D eigenvalue weighted by atomic mass is 35.5. The second-order valence-corrected chi connectivity index (χ2v) is 5.75. The van der Waals surface area contributed by atoms with Gasteiger partial charge in [-0.05, 0) is 43.5 Å². The molecule has 1 saturated carbocycles. The highest BCUT2D eigenvalue weighted by Crippen LogP contribution is 2.23. The Hall–Kier alpha value is -1.52. The van der Waals surface area contributed by atoms with Crippen molar-refractivity contribution in [3.63, 3.8) is 0 Å². The number of halogens is 2. The van der Waals surface area contributed by atoms with E-state index in [1.807, 2.05) is 13.0 Å². The Labute approximate surface area is 128 Å². The molecule has 1 N–H and O–H groups in total. The largest absolute Gasteiger partial charge is 0.486 e. The molecule has 0 spiro atoms. The van der Waals surface area contributed by atoms with Gasteiger partial charge < -0.3 is 14.5 Å². The Morgan fingerprint density at radius 3 is 2.90 bits per heavy atom. The highest BCUT2D eigenvalue weighted by molar-refractivity contribution is 6.30. The number of nitrogens with one attached hydrogen (secondary N) is 1. The minimum atomic E-state index is -0.487. The summed E-state index contributed by atoms with van der Waals surface area (Å²) >= 11 is 5.63. The summed E-state index contributed by atoms with van der Waals surface area (Å²) in [7, 11) is 0. The molecular weight excluding hydrogens is 293 g/mol. The maximum Gasteiger partial charge on any atom is 0.146 e. The molecule has 3 nitrogen and oxygen atoms in total. The highest BCUT2D eigenvalue weighted by Gasteiger charge is 2.21. The first-order valence-corrected chi connectivity index (χ1v) is 7.39. The molecule has 1 aromatic heterocycles. The van der Waals surface area contributed by atoms with Crippen LogP contribution in [0.1, 0.15) is 29.9 Å². The van der Waals surface area contributed by atoms with Crippen LogP contribution in [-0.2, 0) is 13.2 Å². The van der Waals surface area contributed by atoms with Gasteiger partial charge in [0.25, 0.3) is 0 Å². The molecule has 1 aliphatic carbocycles. The number of hydrogen-bond acceptors (Lipinski definition) is 3. The van der Waals surface area contributed by atoms with Gasteiger partial charge in [-0.3, -0.25) is 0 Å². The maximum atomic E-state index is 13.3. The topological polar surface area (TPSA) is 34.4 Å². The van der Waals surface area contributed by atoms with Crippen LogP contribution in [0.15, 0.2) is 28.7 Å². The van der Waals surface area contributed by atoms with Gasteiger partial charge in [0.05, 0.1) is 11.6 Å². The average molecular weight is 310 g/mol. The first-order chi connectivity index (χ1) is 10.1. The lowest BCUT2D eigenvalue weighted by Gasteiger charge is -2.05. The van der Waals surface area contributed by atoms with Crippen molar-refractivity contribution in [2.45, 2.75) is 39.0 Å². The van der Waals surface area contributed by atoms with Gasteiger partial charge in [-0.2, -0.15) is 0 Å². The number of aryl methyl sites for hydroxylation is 1. The van der Waals surface area contributed by atoms with Gasteiger partial charge in [-0.1, -0.05) is 11.6 Å². The molecule has 2 aromatic rings. The van der Waals surface area contributed by atoms with Crippen molar-refractivity contribution in [3.8, 4) is 5.75 Å². The minimum Gasteiger partial charge on any atom is -0.486 e. The van der Waals surface area contributed by atoms with Gasteiger partial charge in [0.1, 0.15) is 29.7 Å². The second-order valence-electron chi connectivity index (χ2n) is 5.34. The SMILES string of the molecule is Cc1cc(COc2ccc(Cl)c(F)c2)oc1CNC1CC1. The summed E-state index contributed by atoms with van der Waals surface area (Å²) in [6, 6.07) is 6.98. The van der Waals surface area contributed by atoms with Crippen LogP contribution in [0.25, 0.3) is 0 Å². The Balaban J connectivity index is 1.59. The average Bonchev–Trinajstić information content (AvgIpc) is 3.22. The molecule has 0 atom stereocenters. The summed E-state index contributed by atoms with van der Waals surface area (Å²) in [5.41, 5.74) is 1.10. The Morgan fingerprint density at radius 2 is 2.19 bits per heavy atom. The third-order valence-electron chi connectivity index (χ3n) is 3.47. The zero-order valence-corrected chi connectivity index (χ0v) is 12.5. The number of rotatable bonds is 6. The van der Waals surface area contributed by atoms with Crippen molar-refractivity contribution in [2.24, 2.45) is 0 Å². The van der Waals surface area contributed by atoms with Gasteiger partial charge in [0.15, 0.2) is 0 Å². The van der Waals surface area contributed by atoms with Crippen molar-refractivity contribution < 1.29 is 13.5 Å². The Morgan fingerprint density at radius 1 is 1.38 bits per heavy atom. The van der Waals surface area contributed by atoms with Crippen LogP contribution in [0.4, 0.5) is 4.39 Å². The van der Waals surface area contributed by atoms with Crippen LogP contribution in [-0.4, -0.2) is 6.04 Å². The van der Waals surface area contributed by atoms with Gasteiger partial charge >= 0.3 is 0 Å². The summed E-state index contributed by atoms with van der Waals surface area (Å²) in [6.45, 7) is 3.02. The summed E-state index contributed by atoms with van der Waals surface area (Å²) in [6.07, 6.45) is 2.50. The number of benzene rings is 1. The number of hydrogen-bond donors (Lipinski definition) is 1. The fourth-order valence-corrected chi connectivity index (χ4v) is 2.20. The Bertz CT molecular complexity index is 637. The van der Waals surface area contributed by atoms with Crippen LogP contribution < -0.4 is 10.1 Å². The smallest absolute Gasteiger partial charge is 0.146 e. The zero-order valence-electron chi connectivity index (χ0n) is 11.8. The van der Waals surface area contributed by atoms with E-state index in [1.54, 1.807) is 6.07 Å². The van der Waals surface area contributed by atoms with E-state index in [-0.39, 0.29) is 11.6 Å². The second kappa shape index (κ2) is 6.08. The molecule has 21 heavy (non-hydrogen) atoms. The molecule has 0 radical (unpaired) electrons. The molecule has 0 unspecified atom stereocenters. The number of ether oxygens (including phenoxy) is 1.